The van der Waals surface area contributed by atoms with E-state index in [2.05, 4.69) is 13.8 Å². The molecule has 0 amide bonds. The lowest BCUT2D eigenvalue weighted by Gasteiger charge is -2.65. The van der Waals surface area contributed by atoms with E-state index in [1.165, 1.54) is 0 Å². The SMILES string of the molecule is C[C@@H]1CCC2[C@](C)(CO)[C@@H](O)CC[C@]2(C)[C@@]12CC[C@]1(COC(=O)C1)O2. The quantitative estimate of drug-likeness (QED) is 0.709. The van der Waals surface area contributed by atoms with Gasteiger partial charge in [0.25, 0.3) is 0 Å². The van der Waals surface area contributed by atoms with Crippen molar-refractivity contribution in [3.63, 3.8) is 0 Å². The lowest BCUT2D eigenvalue weighted by atomic mass is 9.43. The molecule has 4 rings (SSSR count). The molecule has 142 valence electrons. The lowest BCUT2D eigenvalue weighted by Crippen LogP contribution is -2.66. The highest BCUT2D eigenvalue weighted by Gasteiger charge is 2.69. The van der Waals surface area contributed by atoms with Crippen LogP contribution in [0.2, 0.25) is 0 Å². The number of cyclic esters (lactones) is 1. The van der Waals surface area contributed by atoms with Gasteiger partial charge in [-0.15, -0.1) is 0 Å². The number of carbonyl (C=O) groups is 1. The molecule has 0 radical (unpaired) electrons. The number of carbonyl (C=O) groups excluding carboxylic acids is 1. The molecule has 2 saturated heterocycles. The fraction of sp³-hybridized carbons (Fsp3) is 0.950. The van der Waals surface area contributed by atoms with Crippen molar-refractivity contribution < 1.29 is 24.5 Å². The Morgan fingerprint density at radius 2 is 1.92 bits per heavy atom. The summed E-state index contributed by atoms with van der Waals surface area (Å²) in [5, 5.41) is 20.8. The topological polar surface area (TPSA) is 76.0 Å². The second kappa shape index (κ2) is 5.43. The van der Waals surface area contributed by atoms with E-state index in [0.29, 0.717) is 25.4 Å². The molecule has 7 atom stereocenters. The van der Waals surface area contributed by atoms with Crippen LogP contribution in [0.5, 0.6) is 0 Å². The molecule has 1 unspecified atom stereocenters. The van der Waals surface area contributed by atoms with Crippen molar-refractivity contribution in [2.45, 2.75) is 83.0 Å². The van der Waals surface area contributed by atoms with Crippen molar-refractivity contribution in [2.24, 2.45) is 22.7 Å². The van der Waals surface area contributed by atoms with Crippen molar-refractivity contribution in [3.05, 3.63) is 0 Å². The summed E-state index contributed by atoms with van der Waals surface area (Å²) in [7, 11) is 0. The molecule has 2 aliphatic heterocycles. The molecule has 2 heterocycles. The molecule has 5 nitrogen and oxygen atoms in total. The van der Waals surface area contributed by atoms with E-state index in [-0.39, 0.29) is 29.5 Å². The fourth-order valence-corrected chi connectivity index (χ4v) is 6.94. The highest BCUT2D eigenvalue weighted by atomic mass is 16.6. The maximum Gasteiger partial charge on any atom is 0.308 e. The zero-order chi connectivity index (χ0) is 18.1. The van der Waals surface area contributed by atoms with Crippen LogP contribution in [0.15, 0.2) is 0 Å². The number of fused-ring (bicyclic) bond motifs is 2. The molecule has 0 aromatic carbocycles. The first kappa shape index (κ1) is 17.7. The number of hydrogen-bond acceptors (Lipinski definition) is 5. The summed E-state index contributed by atoms with van der Waals surface area (Å²) in [5.41, 5.74) is -1.33. The first-order chi connectivity index (χ1) is 11.7. The highest BCUT2D eigenvalue weighted by molar-refractivity contribution is 5.73. The molecule has 25 heavy (non-hydrogen) atoms. The molecule has 2 N–H and O–H groups in total. The minimum atomic E-state index is -0.485. The first-order valence-corrected chi connectivity index (χ1v) is 9.86. The Bertz CT molecular complexity index is 578. The van der Waals surface area contributed by atoms with Crippen LogP contribution in [0, 0.1) is 22.7 Å². The van der Waals surface area contributed by atoms with E-state index in [1.54, 1.807) is 0 Å². The Balaban J connectivity index is 1.74. The van der Waals surface area contributed by atoms with Gasteiger partial charge in [-0.25, -0.2) is 0 Å². The highest BCUT2D eigenvalue weighted by Crippen LogP contribution is 2.68. The largest absolute Gasteiger partial charge is 0.463 e. The Morgan fingerprint density at radius 3 is 2.56 bits per heavy atom. The van der Waals surface area contributed by atoms with Gasteiger partial charge in [0, 0.05) is 10.8 Å². The Kier molecular flexibility index (Phi) is 3.85. The van der Waals surface area contributed by atoms with Gasteiger partial charge in [0.15, 0.2) is 0 Å². The van der Waals surface area contributed by atoms with Crippen LogP contribution in [-0.2, 0) is 14.3 Å². The predicted molar refractivity (Wildman–Crippen MR) is 91.8 cm³/mol. The average molecular weight is 352 g/mol. The van der Waals surface area contributed by atoms with Crippen molar-refractivity contribution in [1.82, 2.24) is 0 Å². The molecule has 4 aliphatic rings. The van der Waals surface area contributed by atoms with Crippen LogP contribution in [0.4, 0.5) is 0 Å². The summed E-state index contributed by atoms with van der Waals surface area (Å²) >= 11 is 0. The van der Waals surface area contributed by atoms with Crippen LogP contribution in [-0.4, -0.2) is 46.7 Å². The minimum absolute atomic E-state index is 0.00558. The fourth-order valence-electron chi connectivity index (χ4n) is 6.94. The number of ether oxygens (including phenoxy) is 2. The summed E-state index contributed by atoms with van der Waals surface area (Å²) in [6.07, 6.45) is 5.36. The average Bonchev–Trinajstić information content (AvgIpc) is 3.14. The molecule has 4 fully saturated rings. The normalized spacial score (nSPS) is 55.6. The van der Waals surface area contributed by atoms with E-state index < -0.39 is 17.1 Å². The van der Waals surface area contributed by atoms with Gasteiger partial charge >= 0.3 is 5.97 Å². The number of rotatable bonds is 1. The number of esters is 1. The van der Waals surface area contributed by atoms with Crippen molar-refractivity contribution in [3.8, 4) is 0 Å². The minimum Gasteiger partial charge on any atom is -0.463 e. The summed E-state index contributed by atoms with van der Waals surface area (Å²) < 4.78 is 12.1. The summed E-state index contributed by atoms with van der Waals surface area (Å²) in [6, 6.07) is 0. The number of aliphatic hydroxyl groups is 2. The second-order valence-electron chi connectivity index (χ2n) is 9.68. The molecular weight excluding hydrogens is 320 g/mol. The van der Waals surface area contributed by atoms with Gasteiger partial charge in [0.05, 0.1) is 24.7 Å². The van der Waals surface area contributed by atoms with Crippen molar-refractivity contribution in [2.75, 3.05) is 13.2 Å². The smallest absolute Gasteiger partial charge is 0.308 e. The number of aliphatic hydroxyl groups excluding tert-OH is 2. The van der Waals surface area contributed by atoms with E-state index >= 15 is 0 Å². The predicted octanol–water partition coefficient (Wildman–Crippen LogP) is 2.43. The van der Waals surface area contributed by atoms with Crippen LogP contribution < -0.4 is 0 Å². The number of hydrogen-bond donors (Lipinski definition) is 2. The first-order valence-electron chi connectivity index (χ1n) is 9.86. The molecule has 2 aliphatic carbocycles. The zero-order valence-corrected chi connectivity index (χ0v) is 15.7. The molecule has 5 heteroatoms. The molecule has 2 saturated carbocycles. The second-order valence-corrected chi connectivity index (χ2v) is 9.68. The van der Waals surface area contributed by atoms with Gasteiger partial charge in [-0.05, 0) is 50.4 Å². The maximum absolute atomic E-state index is 11.7. The standard InChI is InChI=1S/C20H32O5/c1-13-4-5-14-17(2,11-21)15(22)6-7-18(14,3)20(13)9-8-19(25-20)10-16(23)24-12-19/h13-15,21-22H,4-12H2,1-3H3/t13-,14?,15+,17+,18+,19+,20-/m1/s1. The van der Waals surface area contributed by atoms with E-state index in [4.69, 9.17) is 9.47 Å². The van der Waals surface area contributed by atoms with Gasteiger partial charge in [0.1, 0.15) is 12.2 Å². The monoisotopic (exact) mass is 352 g/mol. The van der Waals surface area contributed by atoms with Crippen LogP contribution >= 0.6 is 0 Å². The van der Waals surface area contributed by atoms with Gasteiger partial charge in [-0.1, -0.05) is 20.8 Å². The molecule has 2 spiro atoms. The van der Waals surface area contributed by atoms with Gasteiger partial charge in [-0.3, -0.25) is 4.79 Å². The van der Waals surface area contributed by atoms with Crippen LogP contribution in [0.1, 0.15) is 65.7 Å². The Morgan fingerprint density at radius 1 is 1.16 bits per heavy atom. The lowest BCUT2D eigenvalue weighted by molar-refractivity contribution is -0.266. The zero-order valence-electron chi connectivity index (χ0n) is 15.7. The third-order valence-corrected chi connectivity index (χ3v) is 8.57. The van der Waals surface area contributed by atoms with Crippen molar-refractivity contribution in [1.29, 1.82) is 0 Å². The van der Waals surface area contributed by atoms with Crippen LogP contribution in [0.3, 0.4) is 0 Å². The third-order valence-electron chi connectivity index (χ3n) is 8.57. The summed E-state index contributed by atoms with van der Waals surface area (Å²) in [4.78, 5) is 11.7. The Hall–Kier alpha value is -0.650. The van der Waals surface area contributed by atoms with Gasteiger partial charge in [-0.2, -0.15) is 0 Å². The maximum atomic E-state index is 11.7. The van der Waals surface area contributed by atoms with Crippen LogP contribution in [0.25, 0.3) is 0 Å². The van der Waals surface area contributed by atoms with Gasteiger partial charge < -0.3 is 19.7 Å². The van der Waals surface area contributed by atoms with E-state index in [9.17, 15) is 15.0 Å². The third kappa shape index (κ3) is 2.15. The molecule has 0 aromatic rings. The molecular formula is C20H32O5. The summed E-state index contributed by atoms with van der Waals surface area (Å²) in [6.45, 7) is 7.01. The van der Waals surface area contributed by atoms with E-state index in [0.717, 1.165) is 32.1 Å². The van der Waals surface area contributed by atoms with Crippen molar-refractivity contribution >= 4 is 5.97 Å². The van der Waals surface area contributed by atoms with Gasteiger partial charge in [0.2, 0.25) is 0 Å². The molecule has 0 aromatic heterocycles. The van der Waals surface area contributed by atoms with E-state index in [1.807, 2.05) is 6.92 Å². The Labute approximate surface area is 150 Å². The summed E-state index contributed by atoms with van der Waals surface area (Å²) in [5.74, 6) is 0.474. The molecule has 0 bridgehead atoms.